The van der Waals surface area contributed by atoms with Gasteiger partial charge in [0.1, 0.15) is 5.76 Å². The van der Waals surface area contributed by atoms with Crippen LogP contribution in [0.3, 0.4) is 0 Å². The Morgan fingerprint density at radius 2 is 1.73 bits per heavy atom. The van der Waals surface area contributed by atoms with E-state index in [-0.39, 0.29) is 11.3 Å². The molecule has 1 N–H and O–H groups in total. The largest absolute Gasteiger partial charge is 0.507 e. The molecule has 1 heterocycles. The monoisotopic (exact) mass is 528 g/mol. The van der Waals surface area contributed by atoms with Gasteiger partial charge in [-0.25, -0.2) is 0 Å². The van der Waals surface area contributed by atoms with Crippen LogP contribution in [0.5, 0.6) is 11.5 Å². The molecule has 1 amide bonds. The highest BCUT2D eigenvalue weighted by molar-refractivity contribution is 6.46. The van der Waals surface area contributed by atoms with Gasteiger partial charge < -0.3 is 24.4 Å². The Labute approximate surface area is 224 Å². The molecule has 2 aromatic carbocycles. The quantitative estimate of drug-likeness (QED) is 0.156. The first-order valence-electron chi connectivity index (χ1n) is 12.9. The van der Waals surface area contributed by atoms with Crippen LogP contribution in [0.2, 0.25) is 5.02 Å². The minimum atomic E-state index is -0.769. The molecular formula is C29H37ClN2O5. The number of hydrogen-bond donors (Lipinski definition) is 1. The van der Waals surface area contributed by atoms with Crippen LogP contribution in [0, 0.1) is 0 Å². The van der Waals surface area contributed by atoms with Crippen molar-refractivity contribution in [1.29, 1.82) is 0 Å². The molecule has 37 heavy (non-hydrogen) atoms. The van der Waals surface area contributed by atoms with Crippen molar-refractivity contribution in [2.75, 3.05) is 39.9 Å². The number of ketones is 1. The fourth-order valence-electron chi connectivity index (χ4n) is 4.52. The Kier molecular flexibility index (Phi) is 10.4. The van der Waals surface area contributed by atoms with Crippen molar-refractivity contribution in [3.8, 4) is 11.5 Å². The molecule has 0 spiro atoms. The molecule has 0 radical (unpaired) electrons. The predicted molar refractivity (Wildman–Crippen MR) is 146 cm³/mol. The van der Waals surface area contributed by atoms with E-state index >= 15 is 0 Å². The van der Waals surface area contributed by atoms with Crippen molar-refractivity contribution >= 4 is 29.1 Å². The van der Waals surface area contributed by atoms with Crippen LogP contribution in [0.15, 0.2) is 48.0 Å². The number of hydrogen-bond acceptors (Lipinski definition) is 6. The summed E-state index contributed by atoms with van der Waals surface area (Å²) in [6.07, 6.45) is 3.11. The van der Waals surface area contributed by atoms with E-state index in [2.05, 4.69) is 25.7 Å². The number of amides is 1. The normalized spacial score (nSPS) is 17.0. The molecule has 3 rings (SSSR count). The van der Waals surface area contributed by atoms with Gasteiger partial charge >= 0.3 is 0 Å². The average molecular weight is 529 g/mol. The standard InChI is InChI=1S/C29H37ClN2O5/c1-5-8-9-18-37-23-15-12-21(19-24(23)36-4)26-25(27(33)20-10-13-22(30)14-11-20)28(34)29(35)32(26)17-16-31(6-2)7-3/h10-15,19,26,33H,5-9,16-18H2,1-4H3. The van der Waals surface area contributed by atoms with E-state index < -0.39 is 17.7 Å². The van der Waals surface area contributed by atoms with Gasteiger partial charge in [-0.1, -0.05) is 51.3 Å². The van der Waals surface area contributed by atoms with Crippen molar-refractivity contribution in [2.24, 2.45) is 0 Å². The third-order valence-electron chi connectivity index (χ3n) is 6.72. The number of likely N-dealkylation sites (tertiary alicyclic amines) is 1. The molecule has 8 heteroatoms. The molecule has 200 valence electrons. The van der Waals surface area contributed by atoms with Crippen LogP contribution in [-0.4, -0.2) is 66.5 Å². The SMILES string of the molecule is CCCCCOc1ccc(C2C(=C(O)c3ccc(Cl)cc3)C(=O)C(=O)N2CCN(CC)CC)cc1OC. The van der Waals surface area contributed by atoms with Crippen LogP contribution in [0.4, 0.5) is 0 Å². The van der Waals surface area contributed by atoms with Gasteiger partial charge in [0.25, 0.3) is 11.7 Å². The van der Waals surface area contributed by atoms with Gasteiger partial charge in [-0.05, 0) is 61.5 Å². The van der Waals surface area contributed by atoms with E-state index in [1.54, 1.807) is 48.4 Å². The number of carbonyl (C=O) groups is 2. The second kappa shape index (κ2) is 13.5. The molecule has 1 saturated heterocycles. The van der Waals surface area contributed by atoms with Gasteiger partial charge in [-0.2, -0.15) is 0 Å². The van der Waals surface area contributed by atoms with E-state index in [1.165, 1.54) is 0 Å². The molecule has 0 aliphatic carbocycles. The number of aliphatic hydroxyl groups is 1. The number of Topliss-reactive ketones (excluding diaryl/α,β-unsaturated/α-hetero) is 1. The molecule has 1 fully saturated rings. The van der Waals surface area contributed by atoms with E-state index in [0.717, 1.165) is 32.4 Å². The Bertz CT molecular complexity index is 1110. The Morgan fingerprint density at radius 3 is 2.35 bits per heavy atom. The van der Waals surface area contributed by atoms with Crippen molar-refractivity contribution < 1.29 is 24.2 Å². The van der Waals surface area contributed by atoms with Crippen LogP contribution in [0.25, 0.3) is 5.76 Å². The highest BCUT2D eigenvalue weighted by atomic mass is 35.5. The number of nitrogens with zero attached hydrogens (tertiary/aromatic N) is 2. The Balaban J connectivity index is 2.06. The fourth-order valence-corrected chi connectivity index (χ4v) is 4.64. The number of aliphatic hydroxyl groups excluding tert-OH is 1. The van der Waals surface area contributed by atoms with E-state index in [4.69, 9.17) is 21.1 Å². The molecule has 0 saturated carbocycles. The first-order chi connectivity index (χ1) is 17.9. The minimum absolute atomic E-state index is 0.0468. The molecule has 1 unspecified atom stereocenters. The minimum Gasteiger partial charge on any atom is -0.507 e. The van der Waals surface area contributed by atoms with Crippen LogP contribution in [0.1, 0.15) is 57.2 Å². The summed E-state index contributed by atoms with van der Waals surface area (Å²) < 4.78 is 11.5. The molecule has 1 aliphatic rings. The summed E-state index contributed by atoms with van der Waals surface area (Å²) in [6.45, 7) is 9.42. The summed E-state index contributed by atoms with van der Waals surface area (Å²) in [6, 6.07) is 11.2. The lowest BCUT2D eigenvalue weighted by molar-refractivity contribution is -0.140. The lowest BCUT2D eigenvalue weighted by Gasteiger charge is -2.28. The molecule has 0 aromatic heterocycles. The van der Waals surface area contributed by atoms with Gasteiger partial charge in [0, 0.05) is 23.7 Å². The average Bonchev–Trinajstić information content (AvgIpc) is 3.16. The van der Waals surface area contributed by atoms with Crippen LogP contribution in [-0.2, 0) is 9.59 Å². The summed E-state index contributed by atoms with van der Waals surface area (Å²) in [5.74, 6) is -0.471. The zero-order valence-electron chi connectivity index (χ0n) is 22.1. The van der Waals surface area contributed by atoms with Gasteiger partial charge in [0.05, 0.1) is 25.3 Å². The van der Waals surface area contributed by atoms with Crippen molar-refractivity contribution in [1.82, 2.24) is 9.80 Å². The van der Waals surface area contributed by atoms with Gasteiger partial charge in [0.2, 0.25) is 0 Å². The maximum absolute atomic E-state index is 13.3. The number of likely N-dealkylation sites (N-methyl/N-ethyl adjacent to an activating group) is 1. The third kappa shape index (κ3) is 6.65. The number of carbonyl (C=O) groups excluding carboxylic acids is 2. The molecule has 1 aliphatic heterocycles. The lowest BCUT2D eigenvalue weighted by Crippen LogP contribution is -2.38. The van der Waals surface area contributed by atoms with E-state index in [9.17, 15) is 14.7 Å². The second-order valence-corrected chi connectivity index (χ2v) is 9.43. The number of unbranched alkanes of at least 4 members (excludes halogenated alkanes) is 2. The number of benzene rings is 2. The number of ether oxygens (including phenoxy) is 2. The second-order valence-electron chi connectivity index (χ2n) is 8.99. The third-order valence-corrected chi connectivity index (χ3v) is 6.97. The zero-order chi connectivity index (χ0) is 26.9. The smallest absolute Gasteiger partial charge is 0.295 e. The molecule has 0 bridgehead atoms. The zero-order valence-corrected chi connectivity index (χ0v) is 22.9. The highest BCUT2D eigenvalue weighted by Gasteiger charge is 2.46. The highest BCUT2D eigenvalue weighted by Crippen LogP contribution is 2.42. The fraction of sp³-hybridized carbons (Fsp3) is 0.448. The maximum atomic E-state index is 13.3. The lowest BCUT2D eigenvalue weighted by atomic mass is 9.95. The van der Waals surface area contributed by atoms with Gasteiger partial charge in [-0.3, -0.25) is 9.59 Å². The molecule has 1 atom stereocenters. The number of methoxy groups -OCH3 is 1. The first kappa shape index (κ1) is 28.5. The number of rotatable bonds is 13. The van der Waals surface area contributed by atoms with Gasteiger partial charge in [-0.15, -0.1) is 0 Å². The van der Waals surface area contributed by atoms with E-state index in [1.807, 2.05) is 6.07 Å². The van der Waals surface area contributed by atoms with Crippen molar-refractivity contribution in [3.63, 3.8) is 0 Å². The molecular weight excluding hydrogens is 492 g/mol. The summed E-state index contributed by atoms with van der Waals surface area (Å²) in [4.78, 5) is 30.2. The summed E-state index contributed by atoms with van der Waals surface area (Å²) in [5.41, 5.74) is 1.12. The van der Waals surface area contributed by atoms with Crippen molar-refractivity contribution in [3.05, 3.63) is 64.2 Å². The Morgan fingerprint density at radius 1 is 1.03 bits per heavy atom. The predicted octanol–water partition coefficient (Wildman–Crippen LogP) is 5.68. The first-order valence-corrected chi connectivity index (χ1v) is 13.3. The topological polar surface area (TPSA) is 79.3 Å². The summed E-state index contributed by atoms with van der Waals surface area (Å²) in [5, 5.41) is 11.7. The maximum Gasteiger partial charge on any atom is 0.295 e. The van der Waals surface area contributed by atoms with E-state index in [0.29, 0.717) is 47.3 Å². The number of halogens is 1. The summed E-state index contributed by atoms with van der Waals surface area (Å²) >= 11 is 6.02. The van der Waals surface area contributed by atoms with Crippen molar-refractivity contribution in [2.45, 2.75) is 46.1 Å². The van der Waals surface area contributed by atoms with Gasteiger partial charge in [0.15, 0.2) is 11.5 Å². The molecule has 2 aromatic rings. The van der Waals surface area contributed by atoms with Crippen LogP contribution >= 0.6 is 11.6 Å². The van der Waals surface area contributed by atoms with Crippen LogP contribution < -0.4 is 9.47 Å². The molecule has 7 nitrogen and oxygen atoms in total. The Hall–Kier alpha value is -3.03. The summed E-state index contributed by atoms with van der Waals surface area (Å²) in [7, 11) is 1.56.